The second kappa shape index (κ2) is 14.1. The van der Waals surface area contributed by atoms with Crippen LogP contribution in [0.15, 0.2) is 0 Å². The van der Waals surface area contributed by atoms with Crippen LogP contribution in [0, 0.1) is 5.41 Å². The number of rotatable bonds is 15. The molecule has 0 aliphatic carbocycles. The summed E-state index contributed by atoms with van der Waals surface area (Å²) in [6, 6.07) is 0. The molecule has 0 saturated carbocycles. The molecule has 0 aliphatic rings. The zero-order valence-corrected chi connectivity index (χ0v) is 18.9. The Kier molecular flexibility index (Phi) is 13.6. The summed E-state index contributed by atoms with van der Waals surface area (Å²) in [6.45, 7) is 4.70. The van der Waals surface area contributed by atoms with E-state index in [0.29, 0.717) is 18.7 Å². The van der Waals surface area contributed by atoms with Gasteiger partial charge in [0.2, 0.25) is 11.8 Å². The monoisotopic (exact) mass is 456 g/mol. The van der Waals surface area contributed by atoms with E-state index in [-0.39, 0.29) is 24.0 Å². The molecule has 0 heterocycles. The van der Waals surface area contributed by atoms with Crippen LogP contribution in [0.25, 0.3) is 0 Å². The fourth-order valence-electron chi connectivity index (χ4n) is 2.12. The minimum atomic E-state index is -4.71. The second-order valence-corrected chi connectivity index (χ2v) is 9.62. The number of phosphoric acid groups is 1. The molecule has 5 N–H and O–H groups in total. The van der Waals surface area contributed by atoms with Gasteiger partial charge in [0.15, 0.2) is 5.12 Å². The fraction of sp³-hybridized carbons (Fsp3) is 0.824. The zero-order valence-electron chi connectivity index (χ0n) is 17.2. The number of hydrogen-bond acceptors (Lipinski definition) is 7. The summed E-state index contributed by atoms with van der Waals surface area (Å²) in [5.41, 5.74) is -1.24. The van der Waals surface area contributed by atoms with Crippen LogP contribution in [0.5, 0.6) is 0 Å². The van der Waals surface area contributed by atoms with Crippen molar-refractivity contribution in [1.82, 2.24) is 10.6 Å². The highest BCUT2D eigenvalue weighted by atomic mass is 32.2. The van der Waals surface area contributed by atoms with Gasteiger partial charge in [-0.25, -0.2) is 4.57 Å². The standard InChI is InChI=1S/C17H33N2O8PS/c1-4-5-6-7-14(21)29-11-10-18-13(20)8-9-19-16(23)15(22)17(2,3)12-27-28(24,25)26/h15,22H,4-12H2,1-3H3,(H,18,20)(H,19,23)(H2,24,25,26)/t15-/m1/s1. The predicted molar refractivity (Wildman–Crippen MR) is 110 cm³/mol. The highest BCUT2D eigenvalue weighted by molar-refractivity contribution is 8.13. The molecule has 0 unspecified atom stereocenters. The molecule has 0 bridgehead atoms. The predicted octanol–water partition coefficient (Wildman–Crippen LogP) is 0.945. The maximum absolute atomic E-state index is 12.0. The molecule has 0 radical (unpaired) electrons. The van der Waals surface area contributed by atoms with Crippen molar-refractivity contribution < 1.29 is 38.4 Å². The first-order chi connectivity index (χ1) is 13.4. The van der Waals surface area contributed by atoms with Crippen LogP contribution in [0.1, 0.15) is 52.9 Å². The average molecular weight is 456 g/mol. The van der Waals surface area contributed by atoms with E-state index < -0.39 is 31.9 Å². The minimum absolute atomic E-state index is 0.00696. The van der Waals surface area contributed by atoms with Crippen molar-refractivity contribution in [2.24, 2.45) is 5.41 Å². The minimum Gasteiger partial charge on any atom is -0.383 e. The van der Waals surface area contributed by atoms with Gasteiger partial charge >= 0.3 is 7.82 Å². The van der Waals surface area contributed by atoms with Gasteiger partial charge in [-0.2, -0.15) is 0 Å². The molecule has 29 heavy (non-hydrogen) atoms. The Morgan fingerprint density at radius 2 is 1.76 bits per heavy atom. The molecule has 0 aromatic carbocycles. The normalized spacial score (nSPS) is 13.0. The number of aliphatic hydroxyl groups is 1. The highest BCUT2D eigenvalue weighted by Crippen LogP contribution is 2.38. The molecular weight excluding hydrogens is 423 g/mol. The van der Waals surface area contributed by atoms with Crippen LogP contribution in [0.4, 0.5) is 0 Å². The van der Waals surface area contributed by atoms with E-state index in [4.69, 9.17) is 9.79 Å². The molecular formula is C17H33N2O8PS. The number of hydrogen-bond donors (Lipinski definition) is 5. The topological polar surface area (TPSA) is 162 Å². The van der Waals surface area contributed by atoms with Gasteiger partial charge in [-0.15, -0.1) is 0 Å². The van der Waals surface area contributed by atoms with Crippen molar-refractivity contribution >= 4 is 36.5 Å². The van der Waals surface area contributed by atoms with Gasteiger partial charge in [0, 0.05) is 37.1 Å². The lowest BCUT2D eigenvalue weighted by molar-refractivity contribution is -0.137. The van der Waals surface area contributed by atoms with E-state index in [9.17, 15) is 24.1 Å². The number of amides is 2. The molecule has 0 aliphatic heterocycles. The molecule has 1 atom stereocenters. The molecule has 0 rings (SSSR count). The summed E-state index contributed by atoms with van der Waals surface area (Å²) in [7, 11) is -4.71. The maximum Gasteiger partial charge on any atom is 0.469 e. The average Bonchev–Trinajstić information content (AvgIpc) is 2.62. The van der Waals surface area contributed by atoms with Gasteiger partial charge in [-0.1, -0.05) is 45.4 Å². The lowest BCUT2D eigenvalue weighted by Crippen LogP contribution is -2.46. The molecule has 0 saturated heterocycles. The molecule has 0 fully saturated rings. The van der Waals surface area contributed by atoms with Crippen molar-refractivity contribution in [3.63, 3.8) is 0 Å². The second-order valence-electron chi connectivity index (χ2n) is 7.22. The summed E-state index contributed by atoms with van der Waals surface area (Å²) in [5.74, 6) is -0.594. The molecule has 170 valence electrons. The summed E-state index contributed by atoms with van der Waals surface area (Å²) >= 11 is 1.19. The summed E-state index contributed by atoms with van der Waals surface area (Å²) < 4.78 is 15.1. The lowest BCUT2D eigenvalue weighted by Gasteiger charge is -2.29. The quantitative estimate of drug-likeness (QED) is 0.178. The van der Waals surface area contributed by atoms with Crippen LogP contribution in [0.2, 0.25) is 0 Å². The Labute approximate surface area is 175 Å². The molecule has 12 heteroatoms. The fourth-order valence-corrected chi connectivity index (χ4v) is 3.34. The number of nitrogens with one attached hydrogen (secondary N) is 2. The zero-order chi connectivity index (χ0) is 22.5. The Morgan fingerprint density at radius 1 is 1.10 bits per heavy atom. The Bertz CT molecular complexity index is 582. The van der Waals surface area contributed by atoms with E-state index in [1.165, 1.54) is 25.6 Å². The molecule has 10 nitrogen and oxygen atoms in total. The number of phosphoric ester groups is 1. The highest BCUT2D eigenvalue weighted by Gasteiger charge is 2.35. The van der Waals surface area contributed by atoms with Crippen LogP contribution in [-0.2, 0) is 23.5 Å². The van der Waals surface area contributed by atoms with Crippen molar-refractivity contribution in [3.05, 3.63) is 0 Å². The van der Waals surface area contributed by atoms with Gasteiger partial charge < -0.3 is 25.5 Å². The number of carbonyl (C=O) groups excluding carboxylic acids is 3. The van der Waals surface area contributed by atoms with E-state index in [2.05, 4.69) is 22.1 Å². The number of unbranched alkanes of at least 4 members (excludes halogenated alkanes) is 2. The van der Waals surface area contributed by atoms with Crippen molar-refractivity contribution in [2.45, 2.75) is 59.0 Å². The summed E-state index contributed by atoms with van der Waals surface area (Å²) in [5, 5.41) is 15.2. The van der Waals surface area contributed by atoms with Gasteiger partial charge in [0.1, 0.15) is 6.10 Å². The van der Waals surface area contributed by atoms with Crippen LogP contribution in [0.3, 0.4) is 0 Å². The number of thioether (sulfide) groups is 1. The van der Waals surface area contributed by atoms with E-state index >= 15 is 0 Å². The van der Waals surface area contributed by atoms with E-state index in [1.54, 1.807) is 0 Å². The first-order valence-electron chi connectivity index (χ1n) is 9.47. The molecule has 2 amide bonds. The third kappa shape index (κ3) is 14.6. The molecule has 0 aromatic heterocycles. The Hall–Kier alpha value is -0.970. The third-order valence-electron chi connectivity index (χ3n) is 3.92. The van der Waals surface area contributed by atoms with Crippen LogP contribution < -0.4 is 10.6 Å². The van der Waals surface area contributed by atoms with Gasteiger partial charge in [-0.05, 0) is 6.42 Å². The summed E-state index contributed by atoms with van der Waals surface area (Å²) in [4.78, 5) is 52.7. The van der Waals surface area contributed by atoms with Crippen LogP contribution in [-0.4, -0.2) is 63.4 Å². The lowest BCUT2D eigenvalue weighted by atomic mass is 9.87. The van der Waals surface area contributed by atoms with Crippen molar-refractivity contribution in [1.29, 1.82) is 0 Å². The maximum atomic E-state index is 12.0. The van der Waals surface area contributed by atoms with Crippen LogP contribution >= 0.6 is 19.6 Å². The summed E-state index contributed by atoms with van der Waals surface area (Å²) in [6.07, 6.45) is 1.91. The van der Waals surface area contributed by atoms with Gasteiger partial charge in [-0.3, -0.25) is 18.9 Å². The van der Waals surface area contributed by atoms with Crippen molar-refractivity contribution in [2.75, 3.05) is 25.4 Å². The third-order valence-corrected chi connectivity index (χ3v) is 5.32. The van der Waals surface area contributed by atoms with Crippen molar-refractivity contribution in [3.8, 4) is 0 Å². The first kappa shape index (κ1) is 28.0. The van der Waals surface area contributed by atoms with E-state index in [0.717, 1.165) is 19.3 Å². The SMILES string of the molecule is CCCCCC(=O)SCCNC(=O)CCNC(=O)[C@@H](O)C(C)(C)COP(=O)(O)O. The molecule has 0 spiro atoms. The smallest absolute Gasteiger partial charge is 0.383 e. The van der Waals surface area contributed by atoms with Gasteiger partial charge in [0.25, 0.3) is 0 Å². The van der Waals surface area contributed by atoms with E-state index in [1.807, 2.05) is 0 Å². The van der Waals surface area contributed by atoms with Gasteiger partial charge in [0.05, 0.1) is 6.61 Å². The Balaban J connectivity index is 4.01. The largest absolute Gasteiger partial charge is 0.469 e. The Morgan fingerprint density at radius 3 is 2.34 bits per heavy atom. The molecule has 0 aromatic rings. The number of carbonyl (C=O) groups is 3. The first-order valence-corrected chi connectivity index (χ1v) is 12.0. The number of aliphatic hydroxyl groups excluding tert-OH is 1.